The van der Waals surface area contributed by atoms with Gasteiger partial charge in [0.1, 0.15) is 11.5 Å². The van der Waals surface area contributed by atoms with Gasteiger partial charge in [0.05, 0.1) is 18.6 Å². The third-order valence-corrected chi connectivity index (χ3v) is 3.73. The molecule has 0 fully saturated rings. The highest BCUT2D eigenvalue weighted by Gasteiger charge is 2.17. The van der Waals surface area contributed by atoms with Crippen molar-refractivity contribution in [2.24, 2.45) is 4.99 Å². The Labute approximate surface area is 123 Å². The summed E-state index contributed by atoms with van der Waals surface area (Å²) in [5.41, 5.74) is 3.35. The standard InChI is InChI=1S/C17H16N4/c1-2-6-13(7-3-1)12-21-15-9-5-4-8-14(15)16(20-21)17-18-10-11-19-17/h1-9H,10-12H2,(H,18,19). The lowest BCUT2D eigenvalue weighted by molar-refractivity contribution is 0.709. The summed E-state index contributed by atoms with van der Waals surface area (Å²) < 4.78 is 2.06. The molecule has 0 unspecified atom stereocenters. The first-order valence-electron chi connectivity index (χ1n) is 7.20. The van der Waals surface area contributed by atoms with Gasteiger partial charge in [0.15, 0.2) is 0 Å². The summed E-state index contributed by atoms with van der Waals surface area (Å²) in [7, 11) is 0. The van der Waals surface area contributed by atoms with E-state index >= 15 is 0 Å². The van der Waals surface area contributed by atoms with Crippen LogP contribution in [0.3, 0.4) is 0 Å². The zero-order valence-corrected chi connectivity index (χ0v) is 11.7. The van der Waals surface area contributed by atoms with Crippen molar-refractivity contribution in [2.75, 3.05) is 13.1 Å². The Hall–Kier alpha value is -2.62. The fourth-order valence-corrected chi connectivity index (χ4v) is 2.74. The van der Waals surface area contributed by atoms with Crippen molar-refractivity contribution in [1.29, 1.82) is 0 Å². The summed E-state index contributed by atoms with van der Waals surface area (Å²) in [4.78, 5) is 4.51. The number of benzene rings is 2. The number of rotatable bonds is 3. The molecule has 1 aliphatic heterocycles. The van der Waals surface area contributed by atoms with Crippen LogP contribution in [0, 0.1) is 0 Å². The number of para-hydroxylation sites is 1. The van der Waals surface area contributed by atoms with Crippen molar-refractivity contribution in [1.82, 2.24) is 15.1 Å². The van der Waals surface area contributed by atoms with Crippen molar-refractivity contribution in [3.05, 3.63) is 65.9 Å². The minimum Gasteiger partial charge on any atom is -0.367 e. The average Bonchev–Trinajstić information content (AvgIpc) is 3.17. The monoisotopic (exact) mass is 276 g/mol. The number of nitrogens with one attached hydrogen (secondary N) is 1. The highest BCUT2D eigenvalue weighted by Crippen LogP contribution is 2.20. The van der Waals surface area contributed by atoms with E-state index in [1.807, 2.05) is 6.07 Å². The quantitative estimate of drug-likeness (QED) is 0.798. The summed E-state index contributed by atoms with van der Waals surface area (Å²) >= 11 is 0. The van der Waals surface area contributed by atoms with E-state index in [0.29, 0.717) is 0 Å². The normalized spacial score (nSPS) is 14.2. The summed E-state index contributed by atoms with van der Waals surface area (Å²) in [6, 6.07) is 18.7. The van der Waals surface area contributed by atoms with Gasteiger partial charge in [-0.15, -0.1) is 0 Å². The first-order valence-corrected chi connectivity index (χ1v) is 7.20. The van der Waals surface area contributed by atoms with Gasteiger partial charge in [-0.1, -0.05) is 48.5 Å². The molecular formula is C17H16N4. The Morgan fingerprint density at radius 2 is 1.81 bits per heavy atom. The first-order chi connectivity index (χ1) is 10.4. The van der Waals surface area contributed by atoms with E-state index in [9.17, 15) is 0 Å². The molecule has 0 saturated carbocycles. The molecule has 4 nitrogen and oxygen atoms in total. The van der Waals surface area contributed by atoms with Crippen LogP contribution in [-0.2, 0) is 6.54 Å². The molecule has 3 aromatic rings. The second-order valence-corrected chi connectivity index (χ2v) is 5.17. The molecular weight excluding hydrogens is 260 g/mol. The van der Waals surface area contributed by atoms with Gasteiger partial charge in [-0.25, -0.2) is 0 Å². The number of hydrogen-bond donors (Lipinski definition) is 1. The van der Waals surface area contributed by atoms with Crippen molar-refractivity contribution in [2.45, 2.75) is 6.54 Å². The van der Waals surface area contributed by atoms with E-state index < -0.39 is 0 Å². The molecule has 4 rings (SSSR count). The van der Waals surface area contributed by atoms with Crippen molar-refractivity contribution in [3.8, 4) is 0 Å². The molecule has 2 aromatic carbocycles. The van der Waals surface area contributed by atoms with Crippen molar-refractivity contribution in [3.63, 3.8) is 0 Å². The van der Waals surface area contributed by atoms with E-state index in [1.165, 1.54) is 5.56 Å². The van der Waals surface area contributed by atoms with Gasteiger partial charge in [-0.2, -0.15) is 5.10 Å². The summed E-state index contributed by atoms with van der Waals surface area (Å²) in [6.45, 7) is 2.50. The zero-order chi connectivity index (χ0) is 14.1. The van der Waals surface area contributed by atoms with Gasteiger partial charge in [0, 0.05) is 11.9 Å². The minimum atomic E-state index is 0.772. The topological polar surface area (TPSA) is 42.2 Å². The molecule has 0 aliphatic carbocycles. The van der Waals surface area contributed by atoms with Crippen LogP contribution >= 0.6 is 0 Å². The number of nitrogens with zero attached hydrogens (tertiary/aromatic N) is 3. The molecule has 0 atom stereocenters. The molecule has 21 heavy (non-hydrogen) atoms. The SMILES string of the molecule is c1ccc(Cn2nc(C3=NCCN3)c3ccccc32)cc1. The third-order valence-electron chi connectivity index (χ3n) is 3.73. The maximum atomic E-state index is 4.79. The highest BCUT2D eigenvalue weighted by atomic mass is 15.3. The molecule has 1 aromatic heterocycles. The van der Waals surface area contributed by atoms with Crippen molar-refractivity contribution >= 4 is 16.7 Å². The lowest BCUT2D eigenvalue weighted by Gasteiger charge is -2.03. The maximum Gasteiger partial charge on any atom is 0.149 e. The van der Waals surface area contributed by atoms with Gasteiger partial charge in [0.2, 0.25) is 0 Å². The Morgan fingerprint density at radius 3 is 2.62 bits per heavy atom. The van der Waals surface area contributed by atoms with E-state index in [-0.39, 0.29) is 0 Å². The zero-order valence-electron chi connectivity index (χ0n) is 11.7. The molecule has 4 heteroatoms. The Balaban J connectivity index is 1.82. The predicted octanol–water partition coefficient (Wildman–Crippen LogP) is 2.43. The lowest BCUT2D eigenvalue weighted by atomic mass is 10.2. The summed E-state index contributed by atoms with van der Waals surface area (Å²) in [6.07, 6.45) is 0. The summed E-state index contributed by atoms with van der Waals surface area (Å²) in [5.74, 6) is 0.915. The lowest BCUT2D eigenvalue weighted by Crippen LogP contribution is -2.20. The van der Waals surface area contributed by atoms with Crippen LogP contribution in [-0.4, -0.2) is 28.7 Å². The van der Waals surface area contributed by atoms with Gasteiger partial charge in [-0.3, -0.25) is 9.67 Å². The van der Waals surface area contributed by atoms with Crippen molar-refractivity contribution < 1.29 is 0 Å². The fourth-order valence-electron chi connectivity index (χ4n) is 2.74. The molecule has 1 N–H and O–H groups in total. The van der Waals surface area contributed by atoms with Gasteiger partial charge < -0.3 is 5.32 Å². The van der Waals surface area contributed by atoms with E-state index in [4.69, 9.17) is 5.10 Å². The number of aromatic nitrogens is 2. The molecule has 0 spiro atoms. The fraction of sp³-hybridized carbons (Fsp3) is 0.176. The second kappa shape index (κ2) is 5.05. The Kier molecular flexibility index (Phi) is 2.92. The molecule has 0 radical (unpaired) electrons. The first kappa shape index (κ1) is 12.1. The highest BCUT2D eigenvalue weighted by molar-refractivity contribution is 6.08. The second-order valence-electron chi connectivity index (χ2n) is 5.17. The van der Waals surface area contributed by atoms with E-state index in [0.717, 1.165) is 42.1 Å². The smallest absolute Gasteiger partial charge is 0.149 e. The van der Waals surface area contributed by atoms with E-state index in [1.54, 1.807) is 0 Å². The maximum absolute atomic E-state index is 4.79. The molecule has 0 bridgehead atoms. The third kappa shape index (κ3) is 2.18. The molecule has 104 valence electrons. The summed E-state index contributed by atoms with van der Waals surface area (Å²) in [5, 5.41) is 9.26. The van der Waals surface area contributed by atoms with Gasteiger partial charge in [-0.05, 0) is 11.6 Å². The van der Waals surface area contributed by atoms with E-state index in [2.05, 4.69) is 63.5 Å². The average molecular weight is 276 g/mol. The van der Waals surface area contributed by atoms with Crippen LogP contribution in [0.15, 0.2) is 59.6 Å². The number of aliphatic imine (C=N–C) groups is 1. The van der Waals surface area contributed by atoms with Crippen LogP contribution < -0.4 is 5.32 Å². The molecule has 0 amide bonds. The predicted molar refractivity (Wildman–Crippen MR) is 84.7 cm³/mol. The number of fused-ring (bicyclic) bond motifs is 1. The largest absolute Gasteiger partial charge is 0.367 e. The van der Waals surface area contributed by atoms with Gasteiger partial charge >= 0.3 is 0 Å². The van der Waals surface area contributed by atoms with Gasteiger partial charge in [0.25, 0.3) is 0 Å². The van der Waals surface area contributed by atoms with Crippen LogP contribution in [0.1, 0.15) is 11.3 Å². The number of amidine groups is 1. The number of hydrogen-bond acceptors (Lipinski definition) is 3. The molecule has 1 aliphatic rings. The van der Waals surface area contributed by atoms with Crippen LogP contribution in [0.4, 0.5) is 0 Å². The molecule has 2 heterocycles. The van der Waals surface area contributed by atoms with Crippen LogP contribution in [0.5, 0.6) is 0 Å². The molecule has 0 saturated heterocycles. The Morgan fingerprint density at radius 1 is 1.00 bits per heavy atom. The van der Waals surface area contributed by atoms with Crippen LogP contribution in [0.25, 0.3) is 10.9 Å². The Bertz CT molecular complexity index is 802. The minimum absolute atomic E-state index is 0.772. The van der Waals surface area contributed by atoms with Crippen LogP contribution in [0.2, 0.25) is 0 Å².